The van der Waals surface area contributed by atoms with Crippen LogP contribution >= 0.6 is 15.9 Å². The Morgan fingerprint density at radius 2 is 1.86 bits per heavy atom. The topological polar surface area (TPSA) is 66.4 Å². The molecule has 0 bridgehead atoms. The first-order chi connectivity index (χ1) is 9.94. The monoisotopic (exact) mass is 375 g/mol. The van der Waals surface area contributed by atoms with Gasteiger partial charge in [0, 0.05) is 10.5 Å². The number of hydrogen-bond acceptors (Lipinski definition) is 3. The molecule has 2 N–H and O–H groups in total. The average Bonchev–Trinajstić information content (AvgIpc) is 2.69. The van der Waals surface area contributed by atoms with E-state index >= 15 is 0 Å². The van der Waals surface area contributed by atoms with E-state index in [4.69, 9.17) is 0 Å². The number of rotatable bonds is 4. The van der Waals surface area contributed by atoms with Gasteiger partial charge < -0.3 is 5.11 Å². The summed E-state index contributed by atoms with van der Waals surface area (Å²) in [6.07, 6.45) is 6.31. The molecule has 1 saturated carbocycles. The second-order valence-corrected chi connectivity index (χ2v) is 8.17. The van der Waals surface area contributed by atoms with Gasteiger partial charge in [-0.1, -0.05) is 31.7 Å². The maximum Gasteiger partial charge on any atom is 0.241 e. The molecule has 4 nitrogen and oxygen atoms in total. The number of nitrogens with one attached hydrogen (secondary N) is 1. The fraction of sp³-hybridized carbons (Fsp3) is 0.600. The first-order valence-electron chi connectivity index (χ1n) is 7.36. The number of benzene rings is 1. The third-order valence-electron chi connectivity index (χ3n) is 3.93. The van der Waals surface area contributed by atoms with E-state index in [9.17, 15) is 13.5 Å². The van der Waals surface area contributed by atoms with Gasteiger partial charge in [-0.3, -0.25) is 0 Å². The van der Waals surface area contributed by atoms with Crippen molar-refractivity contribution in [2.75, 3.05) is 0 Å². The SMILES string of the molecule is Cc1cc(CO)cc(S(=O)(=O)NC2CCCCCC2)c1Br. The van der Waals surface area contributed by atoms with Crippen LogP contribution < -0.4 is 4.72 Å². The molecule has 0 saturated heterocycles. The lowest BCUT2D eigenvalue weighted by atomic mass is 10.1. The van der Waals surface area contributed by atoms with Crippen LogP contribution in [-0.4, -0.2) is 19.6 Å². The largest absolute Gasteiger partial charge is 0.392 e. The van der Waals surface area contributed by atoms with Crippen LogP contribution in [0.25, 0.3) is 0 Å². The van der Waals surface area contributed by atoms with E-state index in [1.54, 1.807) is 6.07 Å². The zero-order chi connectivity index (χ0) is 15.5. The summed E-state index contributed by atoms with van der Waals surface area (Å²) < 4.78 is 28.7. The summed E-state index contributed by atoms with van der Waals surface area (Å²) >= 11 is 3.36. The first-order valence-corrected chi connectivity index (χ1v) is 9.64. The number of halogens is 1. The Balaban J connectivity index is 2.28. The summed E-state index contributed by atoms with van der Waals surface area (Å²) in [4.78, 5) is 0.218. The summed E-state index contributed by atoms with van der Waals surface area (Å²) in [5.41, 5.74) is 1.42. The van der Waals surface area contributed by atoms with Crippen molar-refractivity contribution in [2.24, 2.45) is 0 Å². The second kappa shape index (κ2) is 7.22. The van der Waals surface area contributed by atoms with Crippen molar-refractivity contribution >= 4 is 26.0 Å². The van der Waals surface area contributed by atoms with Gasteiger partial charge in [-0.15, -0.1) is 0 Å². The molecular formula is C15H22BrNO3S. The van der Waals surface area contributed by atoms with E-state index in [0.29, 0.717) is 10.0 Å². The molecule has 1 aromatic rings. The molecule has 1 aromatic carbocycles. The smallest absolute Gasteiger partial charge is 0.241 e. The van der Waals surface area contributed by atoms with Crippen molar-refractivity contribution in [3.05, 3.63) is 27.7 Å². The standard InChI is InChI=1S/C15H22BrNO3S/c1-11-8-12(10-18)9-14(15(11)16)21(19,20)17-13-6-4-2-3-5-7-13/h8-9,13,17-18H,2-7,10H2,1H3. The molecule has 2 rings (SSSR count). The predicted octanol–water partition coefficient (Wildman–Crippen LogP) is 3.25. The van der Waals surface area contributed by atoms with Crippen LogP contribution in [0.1, 0.15) is 49.7 Å². The minimum atomic E-state index is -3.57. The van der Waals surface area contributed by atoms with Gasteiger partial charge in [0.25, 0.3) is 0 Å². The van der Waals surface area contributed by atoms with Crippen LogP contribution in [0.4, 0.5) is 0 Å². The van der Waals surface area contributed by atoms with E-state index in [1.165, 1.54) is 18.9 Å². The maximum atomic E-state index is 12.6. The van der Waals surface area contributed by atoms with Crippen LogP contribution in [0, 0.1) is 6.92 Å². The van der Waals surface area contributed by atoms with E-state index in [2.05, 4.69) is 20.7 Å². The summed E-state index contributed by atoms with van der Waals surface area (Å²) in [6.45, 7) is 1.66. The normalized spacial score (nSPS) is 17.7. The molecule has 0 aliphatic heterocycles. The number of hydrogen-bond donors (Lipinski definition) is 2. The van der Waals surface area contributed by atoms with Gasteiger partial charge in [-0.2, -0.15) is 0 Å². The van der Waals surface area contributed by atoms with Gasteiger partial charge in [0.05, 0.1) is 11.5 Å². The lowest BCUT2D eigenvalue weighted by molar-refractivity contribution is 0.281. The Labute approximate surface area is 135 Å². The minimum Gasteiger partial charge on any atom is -0.392 e. The molecule has 0 spiro atoms. The Morgan fingerprint density at radius 3 is 2.43 bits per heavy atom. The highest BCUT2D eigenvalue weighted by Crippen LogP contribution is 2.28. The molecule has 0 radical (unpaired) electrons. The lowest BCUT2D eigenvalue weighted by Gasteiger charge is -2.18. The average molecular weight is 376 g/mol. The van der Waals surface area contributed by atoms with Gasteiger partial charge in [0.1, 0.15) is 0 Å². The zero-order valence-electron chi connectivity index (χ0n) is 12.2. The molecule has 6 heteroatoms. The summed E-state index contributed by atoms with van der Waals surface area (Å²) in [5.74, 6) is 0. The quantitative estimate of drug-likeness (QED) is 0.793. The van der Waals surface area contributed by atoms with Crippen LogP contribution in [0.2, 0.25) is 0 Å². The number of aliphatic hydroxyl groups excluding tert-OH is 1. The zero-order valence-corrected chi connectivity index (χ0v) is 14.6. The molecule has 0 heterocycles. The summed E-state index contributed by atoms with van der Waals surface area (Å²) in [6, 6.07) is 3.34. The van der Waals surface area contributed by atoms with Crippen molar-refractivity contribution in [3.63, 3.8) is 0 Å². The summed E-state index contributed by atoms with van der Waals surface area (Å²) in [5, 5.41) is 9.27. The van der Waals surface area contributed by atoms with Crippen LogP contribution in [0.3, 0.4) is 0 Å². The predicted molar refractivity (Wildman–Crippen MR) is 86.6 cm³/mol. The number of sulfonamides is 1. The van der Waals surface area contributed by atoms with Gasteiger partial charge in [-0.25, -0.2) is 13.1 Å². The molecule has 1 fully saturated rings. The third-order valence-corrected chi connectivity index (χ3v) is 6.79. The third kappa shape index (κ3) is 4.28. The maximum absolute atomic E-state index is 12.6. The minimum absolute atomic E-state index is 0.0162. The van der Waals surface area contributed by atoms with Crippen molar-refractivity contribution in [1.29, 1.82) is 0 Å². The van der Waals surface area contributed by atoms with Gasteiger partial charge in [0.2, 0.25) is 10.0 Å². The molecule has 0 aromatic heterocycles. The first kappa shape index (κ1) is 16.9. The van der Waals surface area contributed by atoms with Gasteiger partial charge >= 0.3 is 0 Å². The molecule has 1 aliphatic carbocycles. The van der Waals surface area contributed by atoms with Crippen molar-refractivity contribution in [3.8, 4) is 0 Å². The Kier molecular flexibility index (Phi) is 5.82. The van der Waals surface area contributed by atoms with E-state index < -0.39 is 10.0 Å². The number of aliphatic hydroxyl groups is 1. The van der Waals surface area contributed by atoms with Crippen molar-refractivity contribution < 1.29 is 13.5 Å². The van der Waals surface area contributed by atoms with E-state index in [1.807, 2.05) is 6.92 Å². The van der Waals surface area contributed by atoms with E-state index in [0.717, 1.165) is 31.2 Å². The highest BCUT2D eigenvalue weighted by atomic mass is 79.9. The molecule has 1 aliphatic rings. The lowest BCUT2D eigenvalue weighted by Crippen LogP contribution is -2.34. The fourth-order valence-corrected chi connectivity index (χ4v) is 5.15. The molecular weight excluding hydrogens is 354 g/mol. The number of aryl methyl sites for hydroxylation is 1. The Morgan fingerprint density at radius 1 is 1.24 bits per heavy atom. The highest BCUT2D eigenvalue weighted by Gasteiger charge is 2.24. The molecule has 21 heavy (non-hydrogen) atoms. The molecule has 0 unspecified atom stereocenters. The van der Waals surface area contributed by atoms with Crippen LogP contribution in [0.5, 0.6) is 0 Å². The van der Waals surface area contributed by atoms with Gasteiger partial charge in [-0.05, 0) is 52.9 Å². The van der Waals surface area contributed by atoms with Crippen molar-refractivity contribution in [1.82, 2.24) is 4.72 Å². The van der Waals surface area contributed by atoms with Crippen molar-refractivity contribution in [2.45, 2.75) is 63.0 Å². The molecule has 0 amide bonds. The summed E-state index contributed by atoms with van der Waals surface area (Å²) in [7, 11) is -3.57. The Hall–Kier alpha value is -0.430. The molecule has 0 atom stereocenters. The molecule has 118 valence electrons. The van der Waals surface area contributed by atoms with Gasteiger partial charge in [0.15, 0.2) is 0 Å². The second-order valence-electron chi connectivity index (χ2n) is 5.69. The van der Waals surface area contributed by atoms with Crippen LogP contribution in [0.15, 0.2) is 21.5 Å². The highest BCUT2D eigenvalue weighted by molar-refractivity contribution is 9.10. The fourth-order valence-electron chi connectivity index (χ4n) is 2.78. The van der Waals surface area contributed by atoms with Crippen LogP contribution in [-0.2, 0) is 16.6 Å². The Bertz CT molecular complexity index is 593. The van der Waals surface area contributed by atoms with E-state index in [-0.39, 0.29) is 17.5 Å².